The van der Waals surface area contributed by atoms with E-state index in [9.17, 15) is 4.39 Å². The summed E-state index contributed by atoms with van der Waals surface area (Å²) >= 11 is 0. The molecule has 76 valence electrons. The van der Waals surface area contributed by atoms with Gasteiger partial charge in [-0.1, -0.05) is 6.07 Å². The van der Waals surface area contributed by atoms with E-state index >= 15 is 0 Å². The van der Waals surface area contributed by atoms with Gasteiger partial charge in [-0.2, -0.15) is 0 Å². The summed E-state index contributed by atoms with van der Waals surface area (Å²) in [6.07, 6.45) is 0. The third-order valence-electron chi connectivity index (χ3n) is 1.52. The number of rotatable bonds is 2. The molecular weight excluding hydrogens is 189 g/mol. The van der Waals surface area contributed by atoms with Gasteiger partial charge in [0, 0.05) is 0 Å². The van der Waals surface area contributed by atoms with Crippen molar-refractivity contribution in [2.75, 3.05) is 7.11 Å². The fourth-order valence-electron chi connectivity index (χ4n) is 0.898. The zero-order chi connectivity index (χ0) is 10.6. The van der Waals surface area contributed by atoms with E-state index in [0.717, 1.165) is 0 Å². The molecule has 4 N–H and O–H groups in total. The van der Waals surface area contributed by atoms with Gasteiger partial charge in [0.1, 0.15) is 5.69 Å². The molecule has 0 heterocycles. The van der Waals surface area contributed by atoms with Crippen LogP contribution in [-0.4, -0.2) is 18.3 Å². The maximum absolute atomic E-state index is 13.4. The van der Waals surface area contributed by atoms with Crippen molar-refractivity contribution in [1.82, 2.24) is 5.48 Å². The van der Waals surface area contributed by atoms with Crippen molar-refractivity contribution < 1.29 is 14.3 Å². The van der Waals surface area contributed by atoms with Crippen LogP contribution in [0.3, 0.4) is 0 Å². The van der Waals surface area contributed by atoms with Gasteiger partial charge in [0.2, 0.25) is 5.96 Å². The Balaban J connectivity index is 3.10. The maximum Gasteiger partial charge on any atom is 0.218 e. The Bertz CT molecular complexity index is 354. The van der Waals surface area contributed by atoms with Crippen LogP contribution in [0.15, 0.2) is 23.2 Å². The average molecular weight is 199 g/mol. The number of benzene rings is 1. The van der Waals surface area contributed by atoms with Gasteiger partial charge in [-0.15, -0.1) is 0 Å². The number of aliphatic imine (C=N–C) groups is 1. The molecule has 1 aromatic rings. The Hall–Kier alpha value is -1.82. The highest BCUT2D eigenvalue weighted by atomic mass is 19.1. The van der Waals surface area contributed by atoms with Gasteiger partial charge in [-0.05, 0) is 12.1 Å². The van der Waals surface area contributed by atoms with Crippen LogP contribution >= 0.6 is 0 Å². The van der Waals surface area contributed by atoms with Crippen LogP contribution in [0, 0.1) is 5.82 Å². The van der Waals surface area contributed by atoms with Crippen molar-refractivity contribution >= 4 is 11.6 Å². The van der Waals surface area contributed by atoms with Crippen molar-refractivity contribution in [3.05, 3.63) is 24.0 Å². The molecule has 0 saturated heterocycles. The third kappa shape index (κ3) is 2.11. The molecule has 1 rings (SSSR count). The number of hydroxylamine groups is 1. The lowest BCUT2D eigenvalue weighted by Crippen LogP contribution is -2.27. The van der Waals surface area contributed by atoms with Crippen molar-refractivity contribution in [1.29, 1.82) is 0 Å². The summed E-state index contributed by atoms with van der Waals surface area (Å²) < 4.78 is 18.1. The van der Waals surface area contributed by atoms with E-state index in [0.29, 0.717) is 0 Å². The second-order valence-corrected chi connectivity index (χ2v) is 2.40. The highest BCUT2D eigenvalue weighted by Gasteiger charge is 2.07. The highest BCUT2D eigenvalue weighted by Crippen LogP contribution is 2.25. The topological polar surface area (TPSA) is 79.9 Å². The second kappa shape index (κ2) is 4.43. The monoisotopic (exact) mass is 199 g/mol. The van der Waals surface area contributed by atoms with Gasteiger partial charge in [-0.3, -0.25) is 5.21 Å². The molecule has 0 aromatic heterocycles. The summed E-state index contributed by atoms with van der Waals surface area (Å²) in [5.74, 6) is -0.859. The first-order chi connectivity index (χ1) is 6.69. The molecule has 0 fully saturated rings. The van der Waals surface area contributed by atoms with Gasteiger partial charge in [0.15, 0.2) is 11.6 Å². The molecule has 0 spiro atoms. The van der Waals surface area contributed by atoms with Crippen molar-refractivity contribution in [2.24, 2.45) is 10.7 Å². The summed E-state index contributed by atoms with van der Waals surface area (Å²) in [7, 11) is 1.35. The van der Waals surface area contributed by atoms with Gasteiger partial charge in [0.25, 0.3) is 0 Å². The van der Waals surface area contributed by atoms with Crippen molar-refractivity contribution in [3.8, 4) is 5.75 Å². The SMILES string of the molecule is COc1cccc(N=C(N)NO)c1F. The first kappa shape index (κ1) is 10.3. The molecule has 0 aliphatic carbocycles. The highest BCUT2D eigenvalue weighted by molar-refractivity contribution is 5.79. The van der Waals surface area contributed by atoms with Crippen LogP contribution in [0.25, 0.3) is 0 Å². The van der Waals surface area contributed by atoms with E-state index in [1.165, 1.54) is 19.2 Å². The smallest absolute Gasteiger partial charge is 0.218 e. The average Bonchev–Trinajstić information content (AvgIpc) is 2.21. The molecule has 0 aliphatic heterocycles. The predicted octanol–water partition coefficient (Wildman–Crippen LogP) is 0.759. The summed E-state index contributed by atoms with van der Waals surface area (Å²) in [6.45, 7) is 0. The minimum absolute atomic E-state index is 0.0107. The molecular formula is C8H10FN3O2. The molecule has 5 nitrogen and oxygen atoms in total. The minimum Gasteiger partial charge on any atom is -0.494 e. The quantitative estimate of drug-likeness (QED) is 0.373. The van der Waals surface area contributed by atoms with Crippen molar-refractivity contribution in [3.63, 3.8) is 0 Å². The number of nitrogens with two attached hydrogens (primary N) is 1. The maximum atomic E-state index is 13.4. The molecule has 0 bridgehead atoms. The fraction of sp³-hybridized carbons (Fsp3) is 0.125. The van der Waals surface area contributed by atoms with E-state index in [-0.39, 0.29) is 17.4 Å². The number of hydrogen-bond donors (Lipinski definition) is 3. The van der Waals surface area contributed by atoms with Gasteiger partial charge < -0.3 is 10.5 Å². The first-order valence-electron chi connectivity index (χ1n) is 3.75. The number of halogens is 1. The van der Waals surface area contributed by atoms with Gasteiger partial charge >= 0.3 is 0 Å². The van der Waals surface area contributed by atoms with E-state index in [2.05, 4.69) is 4.99 Å². The summed E-state index contributed by atoms with van der Waals surface area (Å²) in [5, 5.41) is 8.35. The van der Waals surface area contributed by atoms with Crippen LogP contribution < -0.4 is 16.0 Å². The number of guanidine groups is 1. The van der Waals surface area contributed by atoms with Gasteiger partial charge in [0.05, 0.1) is 7.11 Å². The van der Waals surface area contributed by atoms with Crippen LogP contribution in [0.4, 0.5) is 10.1 Å². The molecule has 1 aromatic carbocycles. The number of methoxy groups -OCH3 is 1. The Morgan fingerprint density at radius 1 is 1.64 bits per heavy atom. The third-order valence-corrected chi connectivity index (χ3v) is 1.52. The second-order valence-electron chi connectivity index (χ2n) is 2.40. The van der Waals surface area contributed by atoms with E-state index in [1.807, 2.05) is 0 Å². The lowest BCUT2D eigenvalue weighted by Gasteiger charge is -2.03. The van der Waals surface area contributed by atoms with Gasteiger partial charge in [-0.25, -0.2) is 14.9 Å². The Labute approximate surface area is 80.0 Å². The molecule has 0 aliphatic rings. The summed E-state index contributed by atoms with van der Waals surface area (Å²) in [6, 6.07) is 4.42. The predicted molar refractivity (Wildman–Crippen MR) is 49.2 cm³/mol. The number of hydrogen-bond acceptors (Lipinski definition) is 3. The van der Waals surface area contributed by atoms with E-state index in [1.54, 1.807) is 11.5 Å². The largest absolute Gasteiger partial charge is 0.494 e. The fourth-order valence-corrected chi connectivity index (χ4v) is 0.898. The Morgan fingerprint density at radius 3 is 2.93 bits per heavy atom. The standard InChI is InChI=1S/C8H10FN3O2/c1-14-6-4-2-3-5(7(6)9)11-8(10)12-13/h2-4,13H,1H3,(H3,10,11,12). The molecule has 6 heteroatoms. The minimum atomic E-state index is -0.631. The molecule has 14 heavy (non-hydrogen) atoms. The number of nitrogens with one attached hydrogen (secondary N) is 1. The summed E-state index contributed by atoms with van der Waals surface area (Å²) in [4.78, 5) is 3.56. The first-order valence-corrected chi connectivity index (χ1v) is 3.75. The lowest BCUT2D eigenvalue weighted by molar-refractivity contribution is 0.233. The molecule has 0 radical (unpaired) electrons. The van der Waals surface area contributed by atoms with Crippen molar-refractivity contribution in [2.45, 2.75) is 0 Å². The van der Waals surface area contributed by atoms with Crippen LogP contribution in [0.1, 0.15) is 0 Å². The molecule has 0 unspecified atom stereocenters. The Kier molecular flexibility index (Phi) is 3.24. The molecule has 0 atom stereocenters. The number of nitrogens with zero attached hydrogens (tertiary/aromatic N) is 1. The zero-order valence-corrected chi connectivity index (χ0v) is 7.49. The lowest BCUT2D eigenvalue weighted by atomic mass is 10.3. The van der Waals surface area contributed by atoms with E-state index in [4.69, 9.17) is 15.7 Å². The van der Waals surface area contributed by atoms with Crippen LogP contribution in [-0.2, 0) is 0 Å². The summed E-state index contributed by atoms with van der Waals surface area (Å²) in [5.41, 5.74) is 6.73. The van der Waals surface area contributed by atoms with Crippen LogP contribution in [0.2, 0.25) is 0 Å². The molecule has 0 amide bonds. The van der Waals surface area contributed by atoms with E-state index < -0.39 is 5.82 Å². The molecule has 0 saturated carbocycles. The Morgan fingerprint density at radius 2 is 2.36 bits per heavy atom. The van der Waals surface area contributed by atoms with Crippen LogP contribution in [0.5, 0.6) is 5.75 Å². The zero-order valence-electron chi connectivity index (χ0n) is 7.49. The number of ether oxygens (including phenoxy) is 1. The normalized spacial score (nSPS) is 11.2.